The summed E-state index contributed by atoms with van der Waals surface area (Å²) in [7, 11) is 0. The summed E-state index contributed by atoms with van der Waals surface area (Å²) in [5.41, 5.74) is 10.7. The molecule has 3 heteroatoms. The number of carbonyl (C=O) groups excluding carboxylic acids is 1. The molecule has 0 radical (unpaired) electrons. The van der Waals surface area contributed by atoms with E-state index in [2.05, 4.69) is 112 Å². The number of allylic oxidation sites excluding steroid dienone is 2. The Balaban J connectivity index is 1.62. The summed E-state index contributed by atoms with van der Waals surface area (Å²) in [6, 6.07) is 45.5. The number of anilines is 1. The first kappa shape index (κ1) is 26.6. The summed E-state index contributed by atoms with van der Waals surface area (Å²) >= 11 is 0. The van der Waals surface area contributed by atoms with Gasteiger partial charge in [-0.2, -0.15) is 10.1 Å². The van der Waals surface area contributed by atoms with Gasteiger partial charge in [-0.3, -0.25) is 4.79 Å². The predicted octanol–water partition coefficient (Wildman–Crippen LogP) is 9.06. The van der Waals surface area contributed by atoms with Crippen LogP contribution in [0.4, 0.5) is 5.69 Å². The van der Waals surface area contributed by atoms with Crippen molar-refractivity contribution in [3.05, 3.63) is 178 Å². The van der Waals surface area contributed by atoms with E-state index in [9.17, 15) is 0 Å². The van der Waals surface area contributed by atoms with Gasteiger partial charge in [0.1, 0.15) is 5.41 Å². The molecule has 5 aromatic rings. The van der Waals surface area contributed by atoms with Crippen LogP contribution in [-0.4, -0.2) is 11.6 Å². The van der Waals surface area contributed by atoms with E-state index in [1.54, 1.807) is 5.01 Å². The Morgan fingerprint density at radius 1 is 0.558 bits per heavy atom. The molecule has 0 unspecified atom stereocenters. The Bertz CT molecular complexity index is 1930. The standard InChI is InChI=1S/C40H32N2O/c1-27-17-21-30(22-18-27)35-26-36(33-14-10-11-29(3)25-33)40(37(35)31-23-19-28(2)20-24-31)38(32-12-6-4-7-13-32)41-42(39(40)43)34-15-8-5-9-16-34/h4-26H,1-3H3/t40-/m1/s1. The van der Waals surface area contributed by atoms with Crippen molar-refractivity contribution in [3.8, 4) is 0 Å². The zero-order valence-corrected chi connectivity index (χ0v) is 24.6. The van der Waals surface area contributed by atoms with Crippen LogP contribution in [0.15, 0.2) is 145 Å². The summed E-state index contributed by atoms with van der Waals surface area (Å²) < 4.78 is 0. The van der Waals surface area contributed by atoms with Crippen LogP contribution in [0.3, 0.4) is 0 Å². The average molecular weight is 557 g/mol. The lowest BCUT2D eigenvalue weighted by molar-refractivity contribution is -0.120. The van der Waals surface area contributed by atoms with Crippen LogP contribution in [0.25, 0.3) is 16.7 Å². The molecule has 0 fully saturated rings. The highest BCUT2D eigenvalue weighted by Gasteiger charge is 2.60. The highest BCUT2D eigenvalue weighted by atomic mass is 16.2. The van der Waals surface area contributed by atoms with E-state index in [1.807, 2.05) is 48.5 Å². The third-order valence-corrected chi connectivity index (χ3v) is 8.49. The van der Waals surface area contributed by atoms with Crippen LogP contribution in [0.2, 0.25) is 0 Å². The minimum Gasteiger partial charge on any atom is -0.271 e. The van der Waals surface area contributed by atoms with Gasteiger partial charge in [-0.05, 0) is 78.0 Å². The third kappa shape index (κ3) is 4.36. The number of hydrogen-bond donors (Lipinski definition) is 0. The van der Waals surface area contributed by atoms with E-state index in [4.69, 9.17) is 5.10 Å². The van der Waals surface area contributed by atoms with Crippen LogP contribution in [-0.2, 0) is 4.79 Å². The zero-order valence-electron chi connectivity index (χ0n) is 24.6. The smallest absolute Gasteiger partial charge is 0.268 e. The Labute approximate surface area is 253 Å². The van der Waals surface area contributed by atoms with Gasteiger partial charge in [0.15, 0.2) is 0 Å². The van der Waals surface area contributed by atoms with Gasteiger partial charge >= 0.3 is 0 Å². The van der Waals surface area contributed by atoms with Gasteiger partial charge in [0.2, 0.25) is 0 Å². The van der Waals surface area contributed by atoms with Crippen LogP contribution in [0, 0.1) is 26.2 Å². The van der Waals surface area contributed by atoms with Crippen LogP contribution in [0.5, 0.6) is 0 Å². The largest absolute Gasteiger partial charge is 0.271 e. The van der Waals surface area contributed by atoms with Gasteiger partial charge in [-0.25, -0.2) is 0 Å². The van der Waals surface area contributed by atoms with E-state index in [0.29, 0.717) is 0 Å². The Hall–Kier alpha value is -5.28. The number of hydrazone groups is 1. The maximum Gasteiger partial charge on any atom is 0.268 e. The van der Waals surface area contributed by atoms with Gasteiger partial charge in [0, 0.05) is 0 Å². The lowest BCUT2D eigenvalue weighted by Crippen LogP contribution is -2.41. The second kappa shape index (κ2) is 10.5. The maximum absolute atomic E-state index is 15.4. The molecule has 7 rings (SSSR count). The van der Waals surface area contributed by atoms with Crippen molar-refractivity contribution in [3.63, 3.8) is 0 Å². The lowest BCUT2D eigenvalue weighted by Gasteiger charge is -2.32. The molecule has 2 aliphatic rings. The quantitative estimate of drug-likeness (QED) is 0.213. The average Bonchev–Trinajstić information content (AvgIpc) is 3.54. The molecule has 208 valence electrons. The zero-order chi connectivity index (χ0) is 29.6. The normalized spacial score (nSPS) is 17.9. The van der Waals surface area contributed by atoms with Crippen molar-refractivity contribution in [1.82, 2.24) is 0 Å². The molecule has 0 aromatic heterocycles. The molecule has 1 heterocycles. The monoisotopic (exact) mass is 556 g/mol. The van der Waals surface area contributed by atoms with Gasteiger partial charge in [-0.15, -0.1) is 0 Å². The fraction of sp³-hybridized carbons (Fsp3) is 0.100. The number of aryl methyl sites for hydroxylation is 3. The first-order valence-corrected chi connectivity index (χ1v) is 14.7. The van der Waals surface area contributed by atoms with Crippen molar-refractivity contribution in [2.75, 3.05) is 5.01 Å². The molecule has 0 bridgehead atoms. The topological polar surface area (TPSA) is 32.7 Å². The second-order valence-electron chi connectivity index (χ2n) is 11.5. The SMILES string of the molecule is Cc1ccc(C2=C(c3ccc(C)cc3)[C@]3(C(=O)N(c4ccccc4)N=C3c3ccccc3)C(c3cccc(C)c3)=C2)cc1. The molecular weight excluding hydrogens is 524 g/mol. The summed E-state index contributed by atoms with van der Waals surface area (Å²) in [5, 5.41) is 6.81. The fourth-order valence-electron chi connectivity index (χ4n) is 6.39. The lowest BCUT2D eigenvalue weighted by atomic mass is 9.66. The molecule has 0 saturated heterocycles. The van der Waals surface area contributed by atoms with Crippen molar-refractivity contribution < 1.29 is 4.79 Å². The number of rotatable bonds is 5. The van der Waals surface area contributed by atoms with Gasteiger partial charge < -0.3 is 0 Å². The van der Waals surface area contributed by atoms with E-state index < -0.39 is 5.41 Å². The number of hydrogen-bond acceptors (Lipinski definition) is 2. The molecule has 1 atom stereocenters. The number of nitrogens with zero attached hydrogens (tertiary/aromatic N) is 2. The van der Waals surface area contributed by atoms with E-state index in [0.717, 1.165) is 55.9 Å². The molecule has 1 aliphatic carbocycles. The highest BCUT2D eigenvalue weighted by molar-refractivity contribution is 6.42. The van der Waals surface area contributed by atoms with Crippen molar-refractivity contribution in [2.24, 2.45) is 10.5 Å². The Morgan fingerprint density at radius 2 is 1.14 bits per heavy atom. The van der Waals surface area contributed by atoms with Crippen molar-refractivity contribution >= 4 is 34.0 Å². The van der Waals surface area contributed by atoms with Gasteiger partial charge in [-0.1, -0.05) is 138 Å². The Kier molecular flexibility index (Phi) is 6.51. The first-order valence-electron chi connectivity index (χ1n) is 14.7. The van der Waals surface area contributed by atoms with E-state index >= 15 is 4.79 Å². The Morgan fingerprint density at radius 3 is 1.77 bits per heavy atom. The first-order chi connectivity index (χ1) is 21.0. The molecule has 1 amide bonds. The van der Waals surface area contributed by atoms with Gasteiger partial charge in [0.25, 0.3) is 5.91 Å². The number of para-hydroxylation sites is 1. The number of amides is 1. The number of carbonyl (C=O) groups is 1. The molecule has 43 heavy (non-hydrogen) atoms. The van der Waals surface area contributed by atoms with Gasteiger partial charge in [0.05, 0.1) is 11.4 Å². The summed E-state index contributed by atoms with van der Waals surface area (Å²) in [6.07, 6.45) is 2.24. The molecule has 5 aromatic carbocycles. The predicted molar refractivity (Wildman–Crippen MR) is 178 cm³/mol. The van der Waals surface area contributed by atoms with Crippen LogP contribution >= 0.6 is 0 Å². The fourth-order valence-corrected chi connectivity index (χ4v) is 6.39. The molecule has 0 saturated carbocycles. The molecular formula is C40H32N2O. The minimum absolute atomic E-state index is 0.0806. The second-order valence-corrected chi connectivity index (χ2v) is 11.5. The summed E-state index contributed by atoms with van der Waals surface area (Å²) in [4.78, 5) is 15.4. The minimum atomic E-state index is -1.18. The van der Waals surface area contributed by atoms with Crippen LogP contribution < -0.4 is 5.01 Å². The summed E-state index contributed by atoms with van der Waals surface area (Å²) in [6.45, 7) is 6.29. The van der Waals surface area contributed by atoms with E-state index in [1.165, 1.54) is 11.1 Å². The van der Waals surface area contributed by atoms with Crippen LogP contribution in [0.1, 0.15) is 38.9 Å². The highest BCUT2D eigenvalue weighted by Crippen LogP contribution is 2.60. The third-order valence-electron chi connectivity index (χ3n) is 8.49. The van der Waals surface area contributed by atoms with E-state index in [-0.39, 0.29) is 5.91 Å². The summed E-state index contributed by atoms with van der Waals surface area (Å²) in [5.74, 6) is -0.0806. The molecule has 0 N–H and O–H groups in total. The molecule has 3 nitrogen and oxygen atoms in total. The molecule has 1 aliphatic heterocycles. The molecule has 1 spiro atoms. The number of benzene rings is 5. The maximum atomic E-state index is 15.4. The van der Waals surface area contributed by atoms with Crippen molar-refractivity contribution in [2.45, 2.75) is 20.8 Å². The van der Waals surface area contributed by atoms with Crippen molar-refractivity contribution in [1.29, 1.82) is 0 Å².